The molecule has 0 unspecified atom stereocenters. The summed E-state index contributed by atoms with van der Waals surface area (Å²) in [5, 5.41) is 22.1. The van der Waals surface area contributed by atoms with Gasteiger partial charge in [-0.3, -0.25) is 20.2 Å². The maximum atomic E-state index is 11.1. The topological polar surface area (TPSA) is 86.3 Å². The van der Waals surface area contributed by atoms with Crippen molar-refractivity contribution in [3.05, 3.63) is 115 Å². The van der Waals surface area contributed by atoms with Crippen molar-refractivity contribution in [3.8, 4) is 0 Å². The number of rotatable bonds is 6. The average Bonchev–Trinajstić information content (AvgIpc) is 2.71. The van der Waals surface area contributed by atoms with Gasteiger partial charge in [0.2, 0.25) is 0 Å². The van der Waals surface area contributed by atoms with E-state index in [1.807, 2.05) is 24.3 Å². The molecule has 3 rings (SSSR count). The molecule has 0 amide bonds. The van der Waals surface area contributed by atoms with E-state index in [1.54, 1.807) is 60.7 Å². The van der Waals surface area contributed by atoms with Crippen molar-refractivity contribution in [1.29, 1.82) is 0 Å². The summed E-state index contributed by atoms with van der Waals surface area (Å²) < 4.78 is 0. The van der Waals surface area contributed by atoms with Crippen LogP contribution in [0, 0.1) is 20.2 Å². The molecule has 0 aromatic heterocycles. The van der Waals surface area contributed by atoms with E-state index >= 15 is 0 Å². The van der Waals surface area contributed by atoms with Crippen LogP contribution in [-0.4, -0.2) is 9.85 Å². The number of nitro benzene ring substituents is 2. The van der Waals surface area contributed by atoms with Crippen molar-refractivity contribution in [2.24, 2.45) is 0 Å². The largest absolute Gasteiger partial charge is 0.276 e. The quantitative estimate of drug-likeness (QED) is 0.309. The van der Waals surface area contributed by atoms with Crippen molar-refractivity contribution in [1.82, 2.24) is 0 Å². The molecule has 0 saturated carbocycles. The predicted octanol–water partition coefficient (Wildman–Crippen LogP) is 5.84. The van der Waals surface area contributed by atoms with Crippen molar-refractivity contribution >= 4 is 35.7 Å². The van der Waals surface area contributed by atoms with Crippen LogP contribution >= 0.6 is 0 Å². The molecule has 28 heavy (non-hydrogen) atoms. The zero-order valence-electron chi connectivity index (χ0n) is 14.8. The number of para-hydroxylation sites is 2. The van der Waals surface area contributed by atoms with Crippen molar-refractivity contribution in [2.45, 2.75) is 0 Å². The van der Waals surface area contributed by atoms with Gasteiger partial charge >= 0.3 is 0 Å². The van der Waals surface area contributed by atoms with Gasteiger partial charge in [-0.2, -0.15) is 0 Å². The molecule has 0 atom stereocenters. The number of nitro groups is 2. The van der Waals surface area contributed by atoms with E-state index in [1.165, 1.54) is 12.1 Å². The first kappa shape index (κ1) is 18.7. The van der Waals surface area contributed by atoms with Gasteiger partial charge in [-0.25, -0.2) is 0 Å². The van der Waals surface area contributed by atoms with Crippen LogP contribution in [0.5, 0.6) is 0 Å². The number of nitrogens with zero attached hydrogens (tertiary/aromatic N) is 2. The molecule has 6 nitrogen and oxygen atoms in total. The van der Waals surface area contributed by atoms with Crippen molar-refractivity contribution < 1.29 is 9.85 Å². The van der Waals surface area contributed by atoms with Gasteiger partial charge in [-0.15, -0.1) is 0 Å². The van der Waals surface area contributed by atoms with Gasteiger partial charge in [0.15, 0.2) is 0 Å². The van der Waals surface area contributed by atoms with Gasteiger partial charge < -0.3 is 0 Å². The molecule has 6 heteroatoms. The lowest BCUT2D eigenvalue weighted by atomic mass is 10.1. The average molecular weight is 372 g/mol. The van der Waals surface area contributed by atoms with Gasteiger partial charge in [0.25, 0.3) is 11.4 Å². The summed E-state index contributed by atoms with van der Waals surface area (Å²) in [7, 11) is 0. The number of benzene rings is 3. The minimum atomic E-state index is -0.406. The van der Waals surface area contributed by atoms with Crippen LogP contribution in [0.15, 0.2) is 72.8 Å². The van der Waals surface area contributed by atoms with Crippen LogP contribution < -0.4 is 0 Å². The fraction of sp³-hybridized carbons (Fsp3) is 0. The standard InChI is InChI=1S/C22H16N2O4/c25-23(26)21-7-3-1-5-19(21)15-13-17-9-11-18(12-10-17)14-16-20-6-2-4-8-22(20)24(27)28/h1-16H. The Kier molecular flexibility index (Phi) is 5.72. The summed E-state index contributed by atoms with van der Waals surface area (Å²) in [6.45, 7) is 0. The van der Waals surface area contributed by atoms with E-state index in [0.717, 1.165) is 11.1 Å². The third-order valence-corrected chi connectivity index (χ3v) is 4.11. The predicted molar refractivity (Wildman–Crippen MR) is 110 cm³/mol. The van der Waals surface area contributed by atoms with E-state index in [9.17, 15) is 20.2 Å². The summed E-state index contributed by atoms with van der Waals surface area (Å²) >= 11 is 0. The second-order valence-corrected chi connectivity index (χ2v) is 5.97. The highest BCUT2D eigenvalue weighted by Gasteiger charge is 2.10. The molecular weight excluding hydrogens is 356 g/mol. The summed E-state index contributed by atoms with van der Waals surface area (Å²) in [5.41, 5.74) is 2.97. The molecule has 0 aliphatic heterocycles. The third kappa shape index (κ3) is 4.56. The zero-order valence-corrected chi connectivity index (χ0v) is 14.8. The SMILES string of the molecule is O=[N+]([O-])c1ccccc1C=Cc1ccc(C=Cc2ccccc2[N+](=O)[O-])cc1. The summed E-state index contributed by atoms with van der Waals surface area (Å²) in [6.07, 6.45) is 7.02. The van der Waals surface area contributed by atoms with Crippen LogP contribution in [0.1, 0.15) is 22.3 Å². The maximum absolute atomic E-state index is 11.1. The summed E-state index contributed by atoms with van der Waals surface area (Å²) in [5.74, 6) is 0. The minimum Gasteiger partial charge on any atom is -0.258 e. The van der Waals surface area contributed by atoms with Crippen molar-refractivity contribution in [2.75, 3.05) is 0 Å². The Morgan fingerprint density at radius 3 is 1.25 bits per heavy atom. The first-order valence-corrected chi connectivity index (χ1v) is 8.47. The molecule has 0 radical (unpaired) electrons. The van der Waals surface area contributed by atoms with E-state index in [2.05, 4.69) is 0 Å². The number of hydrogen-bond donors (Lipinski definition) is 0. The third-order valence-electron chi connectivity index (χ3n) is 4.11. The van der Waals surface area contributed by atoms with Gasteiger partial charge in [0, 0.05) is 12.1 Å². The highest BCUT2D eigenvalue weighted by Crippen LogP contribution is 2.22. The lowest BCUT2D eigenvalue weighted by molar-refractivity contribution is -0.385. The zero-order chi connectivity index (χ0) is 19.9. The monoisotopic (exact) mass is 372 g/mol. The molecule has 3 aromatic rings. The molecule has 138 valence electrons. The normalized spacial score (nSPS) is 11.1. The second kappa shape index (κ2) is 8.55. The molecule has 0 bridgehead atoms. The van der Waals surface area contributed by atoms with E-state index in [4.69, 9.17) is 0 Å². The molecule has 0 spiro atoms. The van der Waals surface area contributed by atoms with Crippen LogP contribution in [-0.2, 0) is 0 Å². The Bertz CT molecular complexity index is 983. The smallest absolute Gasteiger partial charge is 0.258 e. The van der Waals surface area contributed by atoms with Gasteiger partial charge in [0.1, 0.15) is 0 Å². The lowest BCUT2D eigenvalue weighted by Crippen LogP contribution is -1.90. The number of hydrogen-bond acceptors (Lipinski definition) is 4. The summed E-state index contributed by atoms with van der Waals surface area (Å²) in [4.78, 5) is 21.3. The van der Waals surface area contributed by atoms with Crippen LogP contribution in [0.3, 0.4) is 0 Å². The fourth-order valence-electron chi connectivity index (χ4n) is 2.68. The maximum Gasteiger partial charge on any atom is 0.276 e. The molecule has 0 fully saturated rings. The Balaban J connectivity index is 1.76. The Hall–Kier alpha value is -4.06. The molecular formula is C22H16N2O4. The van der Waals surface area contributed by atoms with Crippen LogP contribution in [0.2, 0.25) is 0 Å². The van der Waals surface area contributed by atoms with Gasteiger partial charge in [-0.1, -0.05) is 60.7 Å². The van der Waals surface area contributed by atoms with Gasteiger partial charge in [0.05, 0.1) is 21.0 Å². The highest BCUT2D eigenvalue weighted by molar-refractivity contribution is 5.76. The van der Waals surface area contributed by atoms with E-state index in [-0.39, 0.29) is 11.4 Å². The van der Waals surface area contributed by atoms with Crippen LogP contribution in [0.25, 0.3) is 24.3 Å². The molecule has 0 aliphatic carbocycles. The highest BCUT2D eigenvalue weighted by atomic mass is 16.6. The molecule has 3 aromatic carbocycles. The molecule has 0 aliphatic rings. The Morgan fingerprint density at radius 2 is 0.893 bits per heavy atom. The molecule has 0 heterocycles. The minimum absolute atomic E-state index is 0.0581. The molecule has 0 saturated heterocycles. The van der Waals surface area contributed by atoms with E-state index in [0.29, 0.717) is 11.1 Å². The van der Waals surface area contributed by atoms with Crippen LogP contribution in [0.4, 0.5) is 11.4 Å². The molecule has 0 N–H and O–H groups in total. The Labute approximate surface area is 161 Å². The second-order valence-electron chi connectivity index (χ2n) is 5.97. The Morgan fingerprint density at radius 1 is 0.536 bits per heavy atom. The van der Waals surface area contributed by atoms with Crippen molar-refractivity contribution in [3.63, 3.8) is 0 Å². The van der Waals surface area contributed by atoms with Gasteiger partial charge in [-0.05, 0) is 35.4 Å². The van der Waals surface area contributed by atoms with E-state index < -0.39 is 9.85 Å². The fourth-order valence-corrected chi connectivity index (χ4v) is 2.68. The first-order valence-electron chi connectivity index (χ1n) is 8.47. The summed E-state index contributed by atoms with van der Waals surface area (Å²) in [6, 6.07) is 20.6. The first-order chi connectivity index (χ1) is 13.5. The lowest BCUT2D eigenvalue weighted by Gasteiger charge is -1.99.